The molecule has 136 heavy (non-hydrogen) atoms. The van der Waals surface area contributed by atoms with Crippen LogP contribution < -0.4 is 0 Å². The summed E-state index contributed by atoms with van der Waals surface area (Å²) >= 11 is 0. The van der Waals surface area contributed by atoms with Gasteiger partial charge in [-0.1, -0.05) is 231 Å². The van der Waals surface area contributed by atoms with Gasteiger partial charge in [-0.2, -0.15) is 0 Å². The Labute approximate surface area is 778 Å². The van der Waals surface area contributed by atoms with E-state index < -0.39 is 0 Å². The van der Waals surface area contributed by atoms with Crippen LogP contribution in [0.3, 0.4) is 0 Å². The van der Waals surface area contributed by atoms with E-state index in [0.717, 1.165) is 101 Å². The van der Waals surface area contributed by atoms with Crippen molar-refractivity contribution in [1.82, 2.24) is 86.4 Å². The maximum atomic E-state index is 4.75. The van der Waals surface area contributed by atoms with Crippen LogP contribution in [-0.2, 0) is 0 Å². The van der Waals surface area contributed by atoms with Crippen LogP contribution >= 0.6 is 0 Å². The number of benzene rings is 13. The van der Waals surface area contributed by atoms with E-state index in [1.807, 2.05) is 110 Å². The fourth-order valence-electron chi connectivity index (χ4n) is 19.5. The third-order valence-electron chi connectivity index (χ3n) is 25.6. The molecule has 0 aliphatic rings. The summed E-state index contributed by atoms with van der Waals surface area (Å²) in [6.45, 7) is 0. The first-order valence-corrected chi connectivity index (χ1v) is 45.1. The highest BCUT2D eigenvalue weighted by atomic mass is 15.2. The van der Waals surface area contributed by atoms with E-state index in [-0.39, 0.29) is 0 Å². The summed E-state index contributed by atoms with van der Waals surface area (Å²) in [6.07, 6.45) is 30.5. The van der Waals surface area contributed by atoms with Gasteiger partial charge in [-0.05, 0) is 151 Å². The molecule has 640 valence electrons. The van der Waals surface area contributed by atoms with Gasteiger partial charge in [0.25, 0.3) is 0 Å². The number of aromatic nitrogens is 18. The zero-order valence-corrected chi connectivity index (χ0v) is 73.1. The van der Waals surface area contributed by atoms with Crippen molar-refractivity contribution in [3.8, 4) is 91.1 Å². The maximum Gasteiger partial charge on any atom is 0.234 e. The smallest absolute Gasteiger partial charge is 0.234 e. The highest BCUT2D eigenvalue weighted by molar-refractivity contribution is 6.22. The van der Waals surface area contributed by atoms with Gasteiger partial charge in [0.05, 0.1) is 126 Å². The fraction of sp³-hybridized carbons (Fsp3) is 0. The minimum absolute atomic E-state index is 0.659. The highest BCUT2D eigenvalue weighted by Crippen LogP contribution is 2.44. The van der Waals surface area contributed by atoms with E-state index in [1.165, 1.54) is 103 Å². The number of rotatable bonds is 12. The summed E-state index contributed by atoms with van der Waals surface area (Å²) in [6, 6.07) is 131. The molecule has 0 N–H and O–H groups in total. The fourth-order valence-corrected chi connectivity index (χ4v) is 19.5. The summed E-state index contributed by atoms with van der Waals surface area (Å²) < 4.78 is 18.1. The highest BCUT2D eigenvalue weighted by Gasteiger charge is 2.25. The molecule has 0 atom stereocenters. The van der Waals surface area contributed by atoms with E-state index in [1.54, 1.807) is 31.0 Å². The van der Waals surface area contributed by atoms with Crippen LogP contribution in [0.5, 0.6) is 0 Å². The van der Waals surface area contributed by atoms with Crippen molar-refractivity contribution in [2.75, 3.05) is 0 Å². The topological polar surface area (TPSA) is 168 Å². The zero-order chi connectivity index (χ0) is 89.9. The van der Waals surface area contributed by atoms with Gasteiger partial charge < -0.3 is 32.0 Å². The van der Waals surface area contributed by atoms with Crippen LogP contribution in [0.1, 0.15) is 0 Å². The molecule has 0 aliphatic heterocycles. The minimum Gasteiger partial charge on any atom is -0.313 e. The van der Waals surface area contributed by atoms with Crippen LogP contribution in [0.2, 0.25) is 0 Å². The van der Waals surface area contributed by atoms with Crippen molar-refractivity contribution in [3.63, 3.8) is 0 Å². The van der Waals surface area contributed by atoms with Crippen molar-refractivity contribution in [1.29, 1.82) is 0 Å². The van der Waals surface area contributed by atoms with E-state index in [2.05, 4.69) is 406 Å². The Bertz CT molecular complexity index is 8200. The SMILES string of the molecule is c1ccc(-c2cnc(-n3ccc4ccc5c6ccccc6n(-c6ccccc6)c5c43)nc2)cc1.c1ccc(-n2c3ccccc3c3ccc4ccn(-c5ccc(-c6ccccn6)nc5)c4c32)cc1.c1ccc(-n2c3ccccc3c3ccc4ccn(-c5cnc(-c6cccnc6)nc5)c4c32)cc1.c1ccc(-n2c3ccccc3c3ccc4ccn(-c5cnc(-c6ccncc6)nc5)c4c32)cc1. The molecule has 0 saturated heterocycles. The third kappa shape index (κ3) is 13.8. The van der Waals surface area contributed by atoms with Crippen LogP contribution in [0, 0.1) is 0 Å². The molecule has 0 unspecified atom stereocenters. The Morgan fingerprint density at radius 2 is 0.507 bits per heavy atom. The van der Waals surface area contributed by atoms with E-state index in [0.29, 0.717) is 17.6 Å². The number of para-hydroxylation sites is 8. The van der Waals surface area contributed by atoms with Gasteiger partial charge in [0.2, 0.25) is 5.95 Å². The largest absolute Gasteiger partial charge is 0.313 e. The lowest BCUT2D eigenvalue weighted by Crippen LogP contribution is -2.01. The monoisotopic (exact) mass is 1750 g/mol. The molecular weight excluding hydrogens is 1670 g/mol. The number of hydrogen-bond donors (Lipinski definition) is 0. The summed E-state index contributed by atoms with van der Waals surface area (Å²) in [4.78, 5) is 45.5. The van der Waals surface area contributed by atoms with Gasteiger partial charge in [-0.25, -0.2) is 29.9 Å². The average molecular weight is 1750 g/mol. The van der Waals surface area contributed by atoms with Gasteiger partial charge in [0.1, 0.15) is 0 Å². The summed E-state index contributed by atoms with van der Waals surface area (Å²) in [7, 11) is 0. The number of nitrogens with zero attached hydrogens (tertiary/aromatic N) is 18. The van der Waals surface area contributed by atoms with Crippen molar-refractivity contribution in [3.05, 3.63) is 475 Å². The van der Waals surface area contributed by atoms with Crippen LogP contribution in [-0.4, -0.2) is 86.4 Å². The first-order valence-electron chi connectivity index (χ1n) is 45.1. The Hall–Kier alpha value is -18.9. The Morgan fingerprint density at radius 1 is 0.162 bits per heavy atom. The first kappa shape index (κ1) is 79.2. The second-order valence-electron chi connectivity index (χ2n) is 33.4. The normalized spacial score (nSPS) is 11.5. The molecule has 0 fully saturated rings. The second kappa shape index (κ2) is 33.8. The van der Waals surface area contributed by atoms with E-state index in [9.17, 15) is 0 Å². The Balaban J connectivity index is 0.0000000965. The quantitative estimate of drug-likeness (QED) is 0.115. The molecule has 18 heteroatoms. The molecule has 28 aromatic rings. The van der Waals surface area contributed by atoms with Crippen molar-refractivity contribution in [2.45, 2.75) is 0 Å². The lowest BCUT2D eigenvalue weighted by atomic mass is 10.1. The molecule has 0 spiro atoms. The van der Waals surface area contributed by atoms with Gasteiger partial charge in [-0.3, -0.25) is 24.5 Å². The second-order valence-corrected chi connectivity index (χ2v) is 33.4. The maximum absolute atomic E-state index is 4.75. The van der Waals surface area contributed by atoms with Crippen molar-refractivity contribution >= 4 is 131 Å². The number of hydrogen-bond acceptors (Lipinski definition) is 10. The molecule has 15 aromatic heterocycles. The predicted octanol–water partition coefficient (Wildman–Crippen LogP) is 27.5. The predicted molar refractivity (Wildman–Crippen MR) is 550 cm³/mol. The van der Waals surface area contributed by atoms with Crippen LogP contribution in [0.15, 0.2) is 475 Å². The number of pyridine rings is 4. The summed E-state index contributed by atoms with van der Waals surface area (Å²) in [5.41, 5.74) is 27.1. The molecule has 0 amide bonds. The standard InChI is InChI=1S/2C30H20N4.2C29H19N5/c1-3-9-21(10-4-1)23-19-31-30(32-20-23)33-18-17-22-15-16-26-25-13-7-8-14-27(25)34(29(26)28(22)33)24-11-5-2-6-12-24;1-2-8-22(9-3-1)34-28-12-5-4-10-24(28)25-15-13-21-17-19-33(29(21)30(25)34)23-14-16-27(32-20-23)26-11-6-7-18-31-26;1-2-8-22(9-3-1)34-26-11-5-4-10-24(26)25-13-12-20-14-16-33(27(20)28(25)34)23-18-31-29(32-19-23)21-7-6-15-30-17-21;1-2-6-22(7-3-1)34-26-9-5-4-8-24(26)25-11-10-20-14-17-33(27(20)28(25)34)23-18-31-29(32-19-23)21-12-15-30-16-13-21/h2*1-20H;2*1-19H. The first-order chi connectivity index (χ1) is 67.5. The minimum atomic E-state index is 0.659. The molecule has 0 radical (unpaired) electrons. The molecule has 13 aromatic carbocycles. The van der Waals surface area contributed by atoms with Crippen LogP contribution in [0.4, 0.5) is 0 Å². The zero-order valence-electron chi connectivity index (χ0n) is 73.1. The lowest BCUT2D eigenvalue weighted by molar-refractivity contribution is 0.963. The lowest BCUT2D eigenvalue weighted by Gasteiger charge is -2.12. The summed E-state index contributed by atoms with van der Waals surface area (Å²) in [5, 5.41) is 14.5. The van der Waals surface area contributed by atoms with E-state index >= 15 is 0 Å². The molecule has 0 aliphatic carbocycles. The molecule has 18 nitrogen and oxygen atoms in total. The molecule has 28 rings (SSSR count). The average Bonchev–Trinajstić information content (AvgIpc) is 1.58. The molecule has 15 heterocycles. The van der Waals surface area contributed by atoms with Crippen molar-refractivity contribution < 1.29 is 0 Å². The van der Waals surface area contributed by atoms with Crippen LogP contribution in [0.25, 0.3) is 222 Å². The van der Waals surface area contributed by atoms with Gasteiger partial charge in [-0.15, -0.1) is 0 Å². The third-order valence-corrected chi connectivity index (χ3v) is 25.6. The summed E-state index contributed by atoms with van der Waals surface area (Å²) in [5.74, 6) is 2.01. The van der Waals surface area contributed by atoms with Crippen molar-refractivity contribution in [2.24, 2.45) is 0 Å². The number of fused-ring (bicyclic) bond motifs is 20. The van der Waals surface area contributed by atoms with Gasteiger partial charge in [0, 0.05) is 172 Å². The van der Waals surface area contributed by atoms with Gasteiger partial charge >= 0.3 is 0 Å². The Morgan fingerprint density at radius 3 is 0.890 bits per heavy atom. The van der Waals surface area contributed by atoms with E-state index in [4.69, 9.17) is 15.0 Å². The molecule has 0 saturated carbocycles. The van der Waals surface area contributed by atoms with Gasteiger partial charge in [0.15, 0.2) is 11.6 Å². The molecule has 0 bridgehead atoms. The molecular formula is C118H78N18. The Kier molecular flexibility index (Phi) is 19.7.